The number of benzene rings is 1. The van der Waals surface area contributed by atoms with Gasteiger partial charge in [-0.2, -0.15) is 0 Å². The molecule has 2 aliphatic rings. The topological polar surface area (TPSA) is 37.4 Å². The Kier molecular flexibility index (Phi) is 2.51. The lowest BCUT2D eigenvalue weighted by molar-refractivity contribution is -0.115. The van der Waals surface area contributed by atoms with Gasteiger partial charge in [-0.15, -0.1) is 0 Å². The summed E-state index contributed by atoms with van der Waals surface area (Å²) in [5, 5.41) is 0. The van der Waals surface area contributed by atoms with Crippen molar-refractivity contribution in [1.82, 2.24) is 4.90 Å². The highest BCUT2D eigenvalue weighted by molar-refractivity contribution is 5.97. The Balaban J connectivity index is 1.97. The fourth-order valence-electron chi connectivity index (χ4n) is 3.65. The standard InChI is InChI=1S/C15H17NO2/c1-11-9-15(10-17)8-7-13(11)16(15)14(18)12-5-3-2-4-6-12/h2-6,10-11,13H,7-9H2,1H3. The van der Waals surface area contributed by atoms with E-state index in [1.54, 1.807) is 0 Å². The van der Waals surface area contributed by atoms with Crippen LogP contribution in [0.15, 0.2) is 30.3 Å². The first kappa shape index (κ1) is 11.5. The first-order chi connectivity index (χ1) is 8.68. The Hall–Kier alpha value is -1.64. The van der Waals surface area contributed by atoms with Gasteiger partial charge in [0.1, 0.15) is 6.29 Å². The molecule has 0 aromatic heterocycles. The van der Waals surface area contributed by atoms with E-state index in [0.717, 1.165) is 25.5 Å². The molecule has 3 unspecified atom stereocenters. The lowest BCUT2D eigenvalue weighted by Crippen LogP contribution is -2.46. The van der Waals surface area contributed by atoms with E-state index in [0.29, 0.717) is 11.5 Å². The van der Waals surface area contributed by atoms with Gasteiger partial charge >= 0.3 is 0 Å². The molecule has 0 spiro atoms. The van der Waals surface area contributed by atoms with Crippen LogP contribution >= 0.6 is 0 Å². The van der Waals surface area contributed by atoms with Crippen LogP contribution in [0.5, 0.6) is 0 Å². The molecule has 2 fully saturated rings. The molecular weight excluding hydrogens is 226 g/mol. The molecule has 0 aliphatic carbocycles. The summed E-state index contributed by atoms with van der Waals surface area (Å²) < 4.78 is 0. The third kappa shape index (κ3) is 1.43. The number of aldehydes is 1. The Morgan fingerprint density at radius 1 is 1.39 bits per heavy atom. The first-order valence-corrected chi connectivity index (χ1v) is 6.53. The molecule has 3 atom stereocenters. The van der Waals surface area contributed by atoms with Crippen LogP contribution in [0.1, 0.15) is 36.5 Å². The lowest BCUT2D eigenvalue weighted by atomic mass is 9.83. The van der Waals surface area contributed by atoms with Crippen LogP contribution in [0.4, 0.5) is 0 Å². The summed E-state index contributed by atoms with van der Waals surface area (Å²) in [7, 11) is 0. The van der Waals surface area contributed by atoms with Crippen molar-refractivity contribution in [2.75, 3.05) is 0 Å². The molecule has 1 aromatic carbocycles. The van der Waals surface area contributed by atoms with Gasteiger partial charge in [0.05, 0.1) is 5.54 Å². The first-order valence-electron chi connectivity index (χ1n) is 6.53. The van der Waals surface area contributed by atoms with E-state index in [1.807, 2.05) is 35.2 Å². The quantitative estimate of drug-likeness (QED) is 0.747. The Bertz CT molecular complexity index is 485. The summed E-state index contributed by atoms with van der Waals surface area (Å²) in [4.78, 5) is 25.9. The molecule has 2 bridgehead atoms. The molecule has 3 nitrogen and oxygen atoms in total. The Morgan fingerprint density at radius 3 is 2.72 bits per heavy atom. The number of amides is 1. The highest BCUT2D eigenvalue weighted by atomic mass is 16.2. The van der Waals surface area contributed by atoms with Crippen molar-refractivity contribution in [2.45, 2.75) is 37.8 Å². The maximum atomic E-state index is 12.6. The Labute approximate surface area is 107 Å². The van der Waals surface area contributed by atoms with Gasteiger partial charge in [0.2, 0.25) is 0 Å². The third-order valence-corrected chi connectivity index (χ3v) is 4.48. The van der Waals surface area contributed by atoms with E-state index in [2.05, 4.69) is 6.92 Å². The fraction of sp³-hybridized carbons (Fsp3) is 0.467. The zero-order valence-corrected chi connectivity index (χ0v) is 10.5. The molecule has 2 saturated heterocycles. The van der Waals surface area contributed by atoms with Crippen molar-refractivity contribution in [3.63, 3.8) is 0 Å². The predicted molar refractivity (Wildman–Crippen MR) is 68.2 cm³/mol. The number of carbonyl (C=O) groups excluding carboxylic acids is 2. The fourth-order valence-corrected chi connectivity index (χ4v) is 3.65. The second-order valence-corrected chi connectivity index (χ2v) is 5.55. The summed E-state index contributed by atoms with van der Waals surface area (Å²) in [5.74, 6) is 0.436. The van der Waals surface area contributed by atoms with E-state index >= 15 is 0 Å². The Morgan fingerprint density at radius 2 is 2.11 bits per heavy atom. The van der Waals surface area contributed by atoms with Gasteiger partial charge in [-0.25, -0.2) is 0 Å². The number of rotatable bonds is 2. The maximum absolute atomic E-state index is 12.6. The normalized spacial score (nSPS) is 33.7. The molecular formula is C15H17NO2. The molecule has 0 N–H and O–H groups in total. The van der Waals surface area contributed by atoms with Crippen LogP contribution in [0.25, 0.3) is 0 Å². The maximum Gasteiger partial charge on any atom is 0.254 e. The van der Waals surface area contributed by atoms with E-state index in [9.17, 15) is 9.59 Å². The van der Waals surface area contributed by atoms with Crippen molar-refractivity contribution < 1.29 is 9.59 Å². The van der Waals surface area contributed by atoms with Gasteiger partial charge in [-0.1, -0.05) is 25.1 Å². The molecule has 3 rings (SSSR count). The van der Waals surface area contributed by atoms with Gasteiger partial charge in [0.15, 0.2) is 0 Å². The van der Waals surface area contributed by atoms with Crippen molar-refractivity contribution >= 4 is 12.2 Å². The van der Waals surface area contributed by atoms with E-state index < -0.39 is 5.54 Å². The molecule has 1 amide bonds. The van der Waals surface area contributed by atoms with Crippen molar-refractivity contribution in [2.24, 2.45) is 5.92 Å². The summed E-state index contributed by atoms with van der Waals surface area (Å²) in [5.41, 5.74) is 0.154. The summed E-state index contributed by atoms with van der Waals surface area (Å²) in [6.07, 6.45) is 3.60. The second-order valence-electron chi connectivity index (χ2n) is 5.55. The molecule has 2 heterocycles. The highest BCUT2D eigenvalue weighted by Crippen LogP contribution is 2.48. The van der Waals surface area contributed by atoms with E-state index in [4.69, 9.17) is 0 Å². The number of nitrogens with zero attached hydrogens (tertiary/aromatic N) is 1. The smallest absolute Gasteiger partial charge is 0.254 e. The largest absolute Gasteiger partial charge is 0.323 e. The minimum absolute atomic E-state index is 0.00884. The van der Waals surface area contributed by atoms with Gasteiger partial charge in [-0.3, -0.25) is 4.79 Å². The SMILES string of the molecule is CC1CC2(C=O)CCC1N2C(=O)c1ccccc1. The second kappa shape index (κ2) is 3.94. The van der Waals surface area contributed by atoms with Crippen LogP contribution in [-0.4, -0.2) is 28.7 Å². The molecule has 2 aliphatic heterocycles. The average Bonchev–Trinajstić information content (AvgIpc) is 2.91. The zero-order valence-electron chi connectivity index (χ0n) is 10.5. The van der Waals surface area contributed by atoms with Crippen LogP contribution in [0.3, 0.4) is 0 Å². The number of fused-ring (bicyclic) bond motifs is 2. The molecule has 1 aromatic rings. The van der Waals surface area contributed by atoms with Crippen LogP contribution in [0.2, 0.25) is 0 Å². The summed E-state index contributed by atoms with van der Waals surface area (Å²) >= 11 is 0. The molecule has 0 radical (unpaired) electrons. The van der Waals surface area contributed by atoms with Gasteiger partial charge < -0.3 is 9.69 Å². The highest BCUT2D eigenvalue weighted by Gasteiger charge is 2.57. The van der Waals surface area contributed by atoms with Crippen LogP contribution < -0.4 is 0 Å². The molecule has 94 valence electrons. The monoisotopic (exact) mass is 243 g/mol. The minimum Gasteiger partial charge on any atom is -0.323 e. The van der Waals surface area contributed by atoms with Crippen LogP contribution in [-0.2, 0) is 4.79 Å². The van der Waals surface area contributed by atoms with Gasteiger partial charge in [0.25, 0.3) is 5.91 Å². The average molecular weight is 243 g/mol. The lowest BCUT2D eigenvalue weighted by Gasteiger charge is -2.29. The molecule has 18 heavy (non-hydrogen) atoms. The van der Waals surface area contributed by atoms with Gasteiger partial charge in [0, 0.05) is 11.6 Å². The van der Waals surface area contributed by atoms with Crippen molar-refractivity contribution in [1.29, 1.82) is 0 Å². The number of carbonyl (C=O) groups is 2. The van der Waals surface area contributed by atoms with Crippen molar-refractivity contribution in [3.8, 4) is 0 Å². The zero-order chi connectivity index (χ0) is 12.8. The van der Waals surface area contributed by atoms with E-state index in [1.165, 1.54) is 0 Å². The number of hydrogen-bond donors (Lipinski definition) is 0. The molecule has 0 saturated carbocycles. The summed E-state index contributed by atoms with van der Waals surface area (Å²) in [6, 6.07) is 9.51. The van der Waals surface area contributed by atoms with Crippen molar-refractivity contribution in [3.05, 3.63) is 35.9 Å². The summed E-state index contributed by atoms with van der Waals surface area (Å²) in [6.45, 7) is 2.14. The van der Waals surface area contributed by atoms with E-state index in [-0.39, 0.29) is 11.9 Å². The predicted octanol–water partition coefficient (Wildman–Crippen LogP) is 2.27. The van der Waals surface area contributed by atoms with Crippen LogP contribution in [0, 0.1) is 5.92 Å². The van der Waals surface area contributed by atoms with Gasteiger partial charge in [-0.05, 0) is 37.3 Å². The molecule has 3 heteroatoms. The number of hydrogen-bond acceptors (Lipinski definition) is 2. The minimum atomic E-state index is -0.531. The third-order valence-electron chi connectivity index (χ3n) is 4.48.